The molecule has 27 heavy (non-hydrogen) atoms. The molecule has 2 aromatic carbocycles. The van der Waals surface area contributed by atoms with Gasteiger partial charge in [-0.3, -0.25) is 9.59 Å². The minimum Gasteiger partial charge on any atom is -0.339 e. The van der Waals surface area contributed by atoms with E-state index in [9.17, 15) is 9.59 Å². The van der Waals surface area contributed by atoms with Crippen molar-refractivity contribution in [3.8, 4) is 0 Å². The SMILES string of the molecule is CC(=O)c1ccc(Nc2ccc(NC(=O)c3ccc(C)c(C)c3)nn2)cc1. The minimum atomic E-state index is -0.229. The Labute approximate surface area is 157 Å². The Morgan fingerprint density at radius 3 is 2.00 bits per heavy atom. The first kappa shape index (κ1) is 18.3. The number of carbonyl (C=O) groups excluding carboxylic acids is 2. The molecule has 0 unspecified atom stereocenters. The summed E-state index contributed by atoms with van der Waals surface area (Å²) in [4.78, 5) is 23.6. The average Bonchev–Trinajstić information content (AvgIpc) is 2.66. The molecule has 0 atom stereocenters. The van der Waals surface area contributed by atoms with Crippen LogP contribution >= 0.6 is 0 Å². The molecule has 0 spiro atoms. The van der Waals surface area contributed by atoms with Gasteiger partial charge >= 0.3 is 0 Å². The zero-order valence-corrected chi connectivity index (χ0v) is 15.4. The number of Topliss-reactive ketones (excluding diaryl/α,β-unsaturated/α-hetero) is 1. The van der Waals surface area contributed by atoms with Gasteiger partial charge in [0.2, 0.25) is 0 Å². The summed E-state index contributed by atoms with van der Waals surface area (Å²) in [5, 5.41) is 13.9. The van der Waals surface area contributed by atoms with Crippen LogP contribution < -0.4 is 10.6 Å². The molecule has 0 aliphatic carbocycles. The van der Waals surface area contributed by atoms with Crippen LogP contribution in [-0.2, 0) is 0 Å². The van der Waals surface area contributed by atoms with Crippen molar-refractivity contribution in [3.63, 3.8) is 0 Å². The molecule has 2 N–H and O–H groups in total. The summed E-state index contributed by atoms with van der Waals surface area (Å²) >= 11 is 0. The Bertz CT molecular complexity index is 980. The molecule has 0 saturated carbocycles. The standard InChI is InChI=1S/C21H20N4O2/c1-13-4-5-17(12-14(13)2)21(27)23-20-11-10-19(24-25-20)22-18-8-6-16(7-9-18)15(3)26/h4-12H,1-3H3,(H,22,24)(H,23,25,27). The lowest BCUT2D eigenvalue weighted by molar-refractivity contribution is 0.101. The van der Waals surface area contributed by atoms with Crippen molar-refractivity contribution in [1.82, 2.24) is 10.2 Å². The fourth-order valence-electron chi connectivity index (χ4n) is 2.47. The fourth-order valence-corrected chi connectivity index (χ4v) is 2.47. The summed E-state index contributed by atoms with van der Waals surface area (Å²) in [6.45, 7) is 5.50. The number of hydrogen-bond donors (Lipinski definition) is 2. The summed E-state index contributed by atoms with van der Waals surface area (Å²) in [6, 6.07) is 16.0. The van der Waals surface area contributed by atoms with Crippen molar-refractivity contribution in [3.05, 3.63) is 76.9 Å². The lowest BCUT2D eigenvalue weighted by atomic mass is 10.1. The zero-order valence-electron chi connectivity index (χ0n) is 15.4. The second kappa shape index (κ2) is 7.78. The Kier molecular flexibility index (Phi) is 5.26. The highest BCUT2D eigenvalue weighted by atomic mass is 16.1. The molecule has 136 valence electrons. The molecule has 6 nitrogen and oxygen atoms in total. The van der Waals surface area contributed by atoms with Crippen molar-refractivity contribution in [2.24, 2.45) is 0 Å². The summed E-state index contributed by atoms with van der Waals surface area (Å²) < 4.78 is 0. The molecule has 3 aromatic rings. The maximum atomic E-state index is 12.3. The smallest absolute Gasteiger partial charge is 0.256 e. The summed E-state index contributed by atoms with van der Waals surface area (Å²) in [5.74, 6) is 0.698. The first-order valence-electron chi connectivity index (χ1n) is 8.53. The van der Waals surface area contributed by atoms with E-state index in [0.717, 1.165) is 16.8 Å². The Morgan fingerprint density at radius 1 is 0.778 bits per heavy atom. The predicted molar refractivity (Wildman–Crippen MR) is 106 cm³/mol. The number of aromatic nitrogens is 2. The number of hydrogen-bond acceptors (Lipinski definition) is 5. The second-order valence-electron chi connectivity index (χ2n) is 6.32. The van der Waals surface area contributed by atoms with Gasteiger partial charge in [0.05, 0.1) is 0 Å². The van der Waals surface area contributed by atoms with Gasteiger partial charge in [-0.15, -0.1) is 10.2 Å². The van der Waals surface area contributed by atoms with E-state index in [0.29, 0.717) is 22.8 Å². The zero-order chi connectivity index (χ0) is 19.4. The van der Waals surface area contributed by atoms with Crippen LogP contribution in [0.3, 0.4) is 0 Å². The highest BCUT2D eigenvalue weighted by molar-refractivity contribution is 6.03. The van der Waals surface area contributed by atoms with Gasteiger partial charge in [0.25, 0.3) is 5.91 Å². The molecule has 0 radical (unpaired) electrons. The average molecular weight is 360 g/mol. The van der Waals surface area contributed by atoms with Gasteiger partial charge in [-0.25, -0.2) is 0 Å². The number of benzene rings is 2. The van der Waals surface area contributed by atoms with Crippen LogP contribution in [0.4, 0.5) is 17.3 Å². The van der Waals surface area contributed by atoms with Gasteiger partial charge < -0.3 is 10.6 Å². The Hall–Kier alpha value is -3.54. The molecule has 0 fully saturated rings. The van der Waals surface area contributed by atoms with Crippen LogP contribution in [0.15, 0.2) is 54.6 Å². The van der Waals surface area contributed by atoms with Crippen molar-refractivity contribution in [2.75, 3.05) is 10.6 Å². The van der Waals surface area contributed by atoms with Crippen LogP contribution in [0.1, 0.15) is 38.8 Å². The van der Waals surface area contributed by atoms with Crippen LogP contribution in [0.2, 0.25) is 0 Å². The van der Waals surface area contributed by atoms with Crippen molar-refractivity contribution in [2.45, 2.75) is 20.8 Å². The van der Waals surface area contributed by atoms with E-state index >= 15 is 0 Å². The van der Waals surface area contributed by atoms with Gasteiger partial charge in [0.15, 0.2) is 17.4 Å². The molecule has 1 aromatic heterocycles. The quantitative estimate of drug-likeness (QED) is 0.663. The molecule has 6 heteroatoms. The van der Waals surface area contributed by atoms with Gasteiger partial charge in [-0.1, -0.05) is 6.07 Å². The summed E-state index contributed by atoms with van der Waals surface area (Å²) in [5.41, 5.74) is 4.21. The first-order valence-corrected chi connectivity index (χ1v) is 8.53. The Morgan fingerprint density at radius 2 is 1.41 bits per heavy atom. The van der Waals surface area contributed by atoms with Gasteiger partial charge in [-0.05, 0) is 80.4 Å². The molecule has 0 bridgehead atoms. The molecule has 1 heterocycles. The lowest BCUT2D eigenvalue weighted by Crippen LogP contribution is -2.13. The van der Waals surface area contributed by atoms with Crippen LogP contribution in [0, 0.1) is 13.8 Å². The van der Waals surface area contributed by atoms with E-state index in [2.05, 4.69) is 20.8 Å². The number of nitrogens with zero attached hydrogens (tertiary/aromatic N) is 2. The van der Waals surface area contributed by atoms with Crippen LogP contribution in [0.5, 0.6) is 0 Å². The van der Waals surface area contributed by atoms with E-state index in [1.807, 2.05) is 26.0 Å². The molecule has 0 aliphatic heterocycles. The molecular weight excluding hydrogens is 340 g/mol. The molecule has 3 rings (SSSR count). The number of amides is 1. The lowest BCUT2D eigenvalue weighted by Gasteiger charge is -2.08. The maximum absolute atomic E-state index is 12.3. The van der Waals surface area contributed by atoms with E-state index in [1.54, 1.807) is 42.5 Å². The molecule has 1 amide bonds. The van der Waals surface area contributed by atoms with Crippen molar-refractivity contribution >= 4 is 29.0 Å². The summed E-state index contributed by atoms with van der Waals surface area (Å²) in [6.07, 6.45) is 0. The van der Waals surface area contributed by atoms with Crippen molar-refractivity contribution < 1.29 is 9.59 Å². The minimum absolute atomic E-state index is 0.0187. The maximum Gasteiger partial charge on any atom is 0.256 e. The molecule has 0 saturated heterocycles. The van der Waals surface area contributed by atoms with Crippen LogP contribution in [-0.4, -0.2) is 21.9 Å². The van der Waals surface area contributed by atoms with E-state index in [-0.39, 0.29) is 11.7 Å². The highest BCUT2D eigenvalue weighted by Gasteiger charge is 2.08. The van der Waals surface area contributed by atoms with Gasteiger partial charge in [0.1, 0.15) is 0 Å². The number of anilines is 3. The number of rotatable bonds is 5. The monoisotopic (exact) mass is 360 g/mol. The number of carbonyl (C=O) groups is 2. The first-order chi connectivity index (χ1) is 12.9. The topological polar surface area (TPSA) is 84.0 Å². The number of nitrogens with one attached hydrogen (secondary N) is 2. The van der Waals surface area contributed by atoms with Gasteiger partial charge in [0, 0.05) is 16.8 Å². The predicted octanol–water partition coefficient (Wildman–Crippen LogP) is 4.29. The third-order valence-electron chi connectivity index (χ3n) is 4.24. The number of ketones is 1. The summed E-state index contributed by atoms with van der Waals surface area (Å²) in [7, 11) is 0. The highest BCUT2D eigenvalue weighted by Crippen LogP contribution is 2.17. The van der Waals surface area contributed by atoms with E-state index < -0.39 is 0 Å². The fraction of sp³-hybridized carbons (Fsp3) is 0.143. The van der Waals surface area contributed by atoms with Crippen molar-refractivity contribution in [1.29, 1.82) is 0 Å². The Balaban J connectivity index is 1.65. The van der Waals surface area contributed by atoms with E-state index in [1.165, 1.54) is 6.92 Å². The normalized spacial score (nSPS) is 10.3. The number of aryl methyl sites for hydroxylation is 2. The van der Waals surface area contributed by atoms with Crippen LogP contribution in [0.25, 0.3) is 0 Å². The third kappa shape index (κ3) is 4.55. The second-order valence-corrected chi connectivity index (χ2v) is 6.32. The van der Waals surface area contributed by atoms with Gasteiger partial charge in [-0.2, -0.15) is 0 Å². The molecule has 0 aliphatic rings. The molecular formula is C21H20N4O2. The van der Waals surface area contributed by atoms with E-state index in [4.69, 9.17) is 0 Å². The largest absolute Gasteiger partial charge is 0.339 e. The third-order valence-corrected chi connectivity index (χ3v) is 4.24.